The number of amides is 2. The Bertz CT molecular complexity index is 863. The summed E-state index contributed by atoms with van der Waals surface area (Å²) in [5, 5.41) is 0.00549. The molecule has 3 rings (SSSR count). The van der Waals surface area contributed by atoms with E-state index in [4.69, 9.17) is 16.3 Å². The Balaban J connectivity index is 1.94. The molecule has 0 aromatic heterocycles. The molecule has 1 fully saturated rings. The fourth-order valence-electron chi connectivity index (χ4n) is 2.45. The van der Waals surface area contributed by atoms with E-state index >= 15 is 0 Å². The third-order valence-corrected chi connectivity index (χ3v) is 4.79. The van der Waals surface area contributed by atoms with Crippen LogP contribution in [0.2, 0.25) is 5.02 Å². The summed E-state index contributed by atoms with van der Waals surface area (Å²) in [7, 11) is 1.61. The molecule has 6 heteroatoms. The van der Waals surface area contributed by atoms with Crippen LogP contribution in [0.3, 0.4) is 0 Å². The van der Waals surface area contributed by atoms with Crippen molar-refractivity contribution >= 4 is 46.3 Å². The molecule has 1 aliphatic heterocycles. The van der Waals surface area contributed by atoms with E-state index in [1.165, 1.54) is 0 Å². The topological polar surface area (TPSA) is 46.6 Å². The second kappa shape index (κ2) is 6.71. The molecule has 0 unspecified atom stereocenters. The number of para-hydroxylation sites is 1. The predicted octanol–water partition coefficient (Wildman–Crippen LogP) is 4.90. The molecule has 0 bridgehead atoms. The molecule has 0 atom stereocenters. The lowest BCUT2D eigenvalue weighted by atomic mass is 10.1. The van der Waals surface area contributed by atoms with Gasteiger partial charge in [0, 0.05) is 0 Å². The van der Waals surface area contributed by atoms with Gasteiger partial charge in [0.1, 0.15) is 5.75 Å². The summed E-state index contributed by atoms with van der Waals surface area (Å²) in [4.78, 5) is 26.3. The van der Waals surface area contributed by atoms with Crippen molar-refractivity contribution in [3.05, 3.63) is 63.5 Å². The summed E-state index contributed by atoms with van der Waals surface area (Å²) in [6, 6.07) is 12.4. The summed E-state index contributed by atoms with van der Waals surface area (Å²) in [6.07, 6.45) is 1.70. The van der Waals surface area contributed by atoms with Crippen LogP contribution in [0.25, 0.3) is 6.08 Å². The van der Waals surface area contributed by atoms with E-state index in [2.05, 4.69) is 0 Å². The lowest BCUT2D eigenvalue weighted by Crippen LogP contribution is -2.27. The molecule has 0 aliphatic carbocycles. The summed E-state index contributed by atoms with van der Waals surface area (Å²) < 4.78 is 5.23. The highest BCUT2D eigenvalue weighted by atomic mass is 35.5. The van der Waals surface area contributed by atoms with Crippen molar-refractivity contribution in [3.63, 3.8) is 0 Å². The van der Waals surface area contributed by atoms with Crippen LogP contribution in [0.1, 0.15) is 11.1 Å². The van der Waals surface area contributed by atoms with Gasteiger partial charge in [0.15, 0.2) is 0 Å². The van der Waals surface area contributed by atoms with Crippen molar-refractivity contribution in [2.24, 2.45) is 0 Å². The van der Waals surface area contributed by atoms with Crippen LogP contribution in [0.4, 0.5) is 10.5 Å². The zero-order valence-electron chi connectivity index (χ0n) is 13.1. The van der Waals surface area contributed by atoms with Gasteiger partial charge in [-0.3, -0.25) is 9.59 Å². The van der Waals surface area contributed by atoms with Crippen molar-refractivity contribution in [1.29, 1.82) is 0 Å². The number of imide groups is 1. The maximum Gasteiger partial charge on any atom is 0.298 e. The first-order valence-electron chi connectivity index (χ1n) is 7.18. The highest BCUT2D eigenvalue weighted by Gasteiger charge is 2.37. The quantitative estimate of drug-likeness (QED) is 0.731. The van der Waals surface area contributed by atoms with Gasteiger partial charge >= 0.3 is 0 Å². The minimum Gasteiger partial charge on any atom is -0.496 e. The van der Waals surface area contributed by atoms with Crippen LogP contribution in [-0.4, -0.2) is 18.3 Å². The molecule has 4 nitrogen and oxygen atoms in total. The van der Waals surface area contributed by atoms with E-state index in [1.807, 2.05) is 25.1 Å². The smallest absolute Gasteiger partial charge is 0.298 e. The molecule has 1 saturated heterocycles. The highest BCUT2D eigenvalue weighted by Crippen LogP contribution is 2.38. The zero-order chi connectivity index (χ0) is 17.3. The number of hydrogen-bond donors (Lipinski definition) is 0. The van der Waals surface area contributed by atoms with Gasteiger partial charge in [-0.2, -0.15) is 0 Å². The lowest BCUT2D eigenvalue weighted by molar-refractivity contribution is -0.113. The Morgan fingerprint density at radius 1 is 1.17 bits per heavy atom. The van der Waals surface area contributed by atoms with Crippen molar-refractivity contribution < 1.29 is 14.3 Å². The largest absolute Gasteiger partial charge is 0.496 e. The number of thioether (sulfide) groups is 1. The molecule has 0 saturated carbocycles. The number of carbonyl (C=O) groups is 2. The van der Waals surface area contributed by atoms with Crippen molar-refractivity contribution in [1.82, 2.24) is 0 Å². The molecule has 0 spiro atoms. The molecule has 1 aliphatic rings. The van der Waals surface area contributed by atoms with Gasteiger partial charge in [0.2, 0.25) is 0 Å². The second-order valence-electron chi connectivity index (χ2n) is 5.20. The number of aryl methyl sites for hydroxylation is 1. The van der Waals surface area contributed by atoms with E-state index in [1.54, 1.807) is 37.5 Å². The minimum absolute atomic E-state index is 0.357. The molecule has 122 valence electrons. The summed E-state index contributed by atoms with van der Waals surface area (Å²) in [6.45, 7) is 1.92. The van der Waals surface area contributed by atoms with E-state index < -0.39 is 0 Å². The summed E-state index contributed by atoms with van der Waals surface area (Å²) in [5.41, 5.74) is 2.19. The third-order valence-electron chi connectivity index (χ3n) is 3.60. The Labute approximate surface area is 149 Å². The molecule has 0 radical (unpaired) electrons. The molecule has 1 heterocycles. The van der Waals surface area contributed by atoms with Crippen LogP contribution in [0.5, 0.6) is 5.75 Å². The number of rotatable bonds is 3. The van der Waals surface area contributed by atoms with Gasteiger partial charge in [0.25, 0.3) is 11.1 Å². The SMILES string of the molecule is COc1ccc(/C=C2\SC(=O)N(c3ccccc3Cl)C2=O)cc1C. The average Bonchev–Trinajstić information content (AvgIpc) is 2.82. The van der Waals surface area contributed by atoms with Crippen LogP contribution in [0.15, 0.2) is 47.4 Å². The minimum atomic E-state index is -0.369. The number of carbonyl (C=O) groups excluding carboxylic acids is 2. The molecule has 2 amide bonds. The van der Waals surface area contributed by atoms with Gasteiger partial charge in [-0.15, -0.1) is 0 Å². The number of benzene rings is 2. The molecule has 2 aromatic rings. The fraction of sp³-hybridized carbons (Fsp3) is 0.111. The normalized spacial score (nSPS) is 16.1. The molecule has 0 N–H and O–H groups in total. The fourth-order valence-corrected chi connectivity index (χ4v) is 3.51. The first kappa shape index (κ1) is 16.6. The van der Waals surface area contributed by atoms with Gasteiger partial charge in [0.05, 0.1) is 22.7 Å². The van der Waals surface area contributed by atoms with E-state index in [-0.39, 0.29) is 11.1 Å². The number of anilines is 1. The van der Waals surface area contributed by atoms with Gasteiger partial charge in [-0.1, -0.05) is 29.8 Å². The number of hydrogen-bond acceptors (Lipinski definition) is 4. The van der Waals surface area contributed by atoms with Crippen molar-refractivity contribution in [2.45, 2.75) is 6.92 Å². The van der Waals surface area contributed by atoms with Gasteiger partial charge < -0.3 is 4.74 Å². The van der Waals surface area contributed by atoms with E-state index in [9.17, 15) is 9.59 Å². The van der Waals surface area contributed by atoms with Crippen LogP contribution in [-0.2, 0) is 4.79 Å². The Morgan fingerprint density at radius 2 is 1.92 bits per heavy atom. The molecule has 2 aromatic carbocycles. The van der Waals surface area contributed by atoms with Crippen molar-refractivity contribution in [2.75, 3.05) is 12.0 Å². The van der Waals surface area contributed by atoms with Gasteiger partial charge in [-0.05, 0) is 60.2 Å². The van der Waals surface area contributed by atoms with Crippen LogP contribution in [0, 0.1) is 6.92 Å². The zero-order valence-corrected chi connectivity index (χ0v) is 14.6. The number of halogens is 1. The molecule has 24 heavy (non-hydrogen) atoms. The standard InChI is InChI=1S/C18H14ClNO3S/c1-11-9-12(7-8-15(11)23-2)10-16-17(21)20(18(22)24-16)14-6-4-3-5-13(14)19/h3-10H,1-2H3/b16-10-. The van der Waals surface area contributed by atoms with Crippen LogP contribution >= 0.6 is 23.4 Å². The molecular formula is C18H14ClNO3S. The third kappa shape index (κ3) is 3.05. The Morgan fingerprint density at radius 3 is 2.58 bits per heavy atom. The Hall–Kier alpha value is -2.24. The number of ether oxygens (including phenoxy) is 1. The monoisotopic (exact) mass is 359 g/mol. The summed E-state index contributed by atoms with van der Waals surface area (Å²) in [5.74, 6) is 0.405. The second-order valence-corrected chi connectivity index (χ2v) is 6.60. The maximum absolute atomic E-state index is 12.6. The number of methoxy groups -OCH3 is 1. The van der Waals surface area contributed by atoms with Gasteiger partial charge in [-0.25, -0.2) is 4.90 Å². The molecular weight excluding hydrogens is 346 g/mol. The first-order chi connectivity index (χ1) is 11.5. The van der Waals surface area contributed by atoms with E-state index in [0.29, 0.717) is 15.6 Å². The van der Waals surface area contributed by atoms with Crippen LogP contribution < -0.4 is 9.64 Å². The number of nitrogens with zero attached hydrogens (tertiary/aromatic N) is 1. The first-order valence-corrected chi connectivity index (χ1v) is 8.38. The van der Waals surface area contributed by atoms with E-state index in [0.717, 1.165) is 33.5 Å². The highest BCUT2D eigenvalue weighted by molar-refractivity contribution is 8.19. The average molecular weight is 360 g/mol. The lowest BCUT2D eigenvalue weighted by Gasteiger charge is -2.13. The van der Waals surface area contributed by atoms with Crippen molar-refractivity contribution in [3.8, 4) is 5.75 Å². The maximum atomic E-state index is 12.6. The Kier molecular flexibility index (Phi) is 4.64. The summed E-state index contributed by atoms with van der Waals surface area (Å²) >= 11 is 7.01. The predicted molar refractivity (Wildman–Crippen MR) is 97.6 cm³/mol.